The van der Waals surface area contributed by atoms with E-state index in [2.05, 4.69) is 32.9 Å². The summed E-state index contributed by atoms with van der Waals surface area (Å²) in [5, 5.41) is 0. The molecule has 2 rings (SSSR count). The van der Waals surface area contributed by atoms with Crippen LogP contribution in [-0.2, 0) is 0 Å². The van der Waals surface area contributed by atoms with Crippen molar-refractivity contribution in [3.8, 4) is 5.75 Å². The van der Waals surface area contributed by atoms with Crippen molar-refractivity contribution >= 4 is 0 Å². The van der Waals surface area contributed by atoms with Crippen molar-refractivity contribution in [2.45, 2.75) is 32.8 Å². The van der Waals surface area contributed by atoms with Crippen LogP contribution in [0.2, 0.25) is 0 Å². The van der Waals surface area contributed by atoms with Gasteiger partial charge in [-0.15, -0.1) is 0 Å². The Morgan fingerprint density at radius 2 is 1.75 bits per heavy atom. The summed E-state index contributed by atoms with van der Waals surface area (Å²) in [6, 6.07) is 16.4. The Morgan fingerprint density at radius 3 is 2.30 bits per heavy atom. The Labute approximate surface area is 121 Å². The van der Waals surface area contributed by atoms with Crippen LogP contribution >= 0.6 is 0 Å². The second-order valence-electron chi connectivity index (χ2n) is 5.43. The molecule has 2 nitrogen and oxygen atoms in total. The third-order valence-electron chi connectivity index (χ3n) is 3.53. The Hall–Kier alpha value is -1.80. The van der Waals surface area contributed by atoms with Gasteiger partial charge in [0.2, 0.25) is 0 Å². The molecule has 0 heterocycles. The molecule has 0 aliphatic rings. The van der Waals surface area contributed by atoms with Crippen molar-refractivity contribution in [3.63, 3.8) is 0 Å². The summed E-state index contributed by atoms with van der Waals surface area (Å²) in [5.41, 5.74) is 9.58. The van der Waals surface area contributed by atoms with E-state index < -0.39 is 0 Å². The van der Waals surface area contributed by atoms with E-state index in [0.717, 1.165) is 11.3 Å². The predicted molar refractivity (Wildman–Crippen MR) is 84.1 cm³/mol. The molecule has 20 heavy (non-hydrogen) atoms. The minimum absolute atomic E-state index is 0.0968. The molecule has 0 aliphatic heterocycles. The zero-order valence-corrected chi connectivity index (χ0v) is 12.5. The molecule has 0 amide bonds. The van der Waals surface area contributed by atoms with Crippen LogP contribution in [0, 0.1) is 6.92 Å². The van der Waals surface area contributed by atoms with Crippen LogP contribution in [0.4, 0.5) is 0 Å². The van der Waals surface area contributed by atoms with Gasteiger partial charge in [0.25, 0.3) is 0 Å². The van der Waals surface area contributed by atoms with Gasteiger partial charge in [-0.05, 0) is 41.7 Å². The van der Waals surface area contributed by atoms with Gasteiger partial charge in [0.15, 0.2) is 0 Å². The van der Waals surface area contributed by atoms with Gasteiger partial charge in [0, 0.05) is 6.54 Å². The largest absolute Gasteiger partial charge is 0.484 e. The van der Waals surface area contributed by atoms with E-state index in [1.54, 1.807) is 0 Å². The minimum atomic E-state index is -0.0968. The molecule has 0 bridgehead atoms. The maximum absolute atomic E-state index is 6.04. The smallest absolute Gasteiger partial charge is 0.136 e. The summed E-state index contributed by atoms with van der Waals surface area (Å²) < 4.78 is 6.04. The molecule has 0 aromatic heterocycles. The second kappa shape index (κ2) is 6.58. The molecule has 0 spiro atoms. The molecule has 0 fully saturated rings. The Balaban J connectivity index is 2.18. The van der Waals surface area contributed by atoms with Gasteiger partial charge >= 0.3 is 0 Å². The summed E-state index contributed by atoms with van der Waals surface area (Å²) in [4.78, 5) is 0. The first-order valence-corrected chi connectivity index (χ1v) is 7.14. The predicted octanol–water partition coefficient (Wildman–Crippen LogP) is 4.20. The van der Waals surface area contributed by atoms with Crippen molar-refractivity contribution < 1.29 is 4.74 Å². The number of aryl methyl sites for hydroxylation is 1. The number of hydrogen-bond acceptors (Lipinski definition) is 2. The molecule has 2 heteroatoms. The average molecular weight is 269 g/mol. The standard InChI is InChI=1S/C18H23NO/c1-13(2)17-10-9-16(11-14(17)3)20-18(12-19)15-7-5-4-6-8-15/h4-11,13,18H,12,19H2,1-3H3. The van der Waals surface area contributed by atoms with Crippen LogP contribution in [0.15, 0.2) is 48.5 Å². The van der Waals surface area contributed by atoms with Crippen LogP contribution in [0.1, 0.15) is 42.6 Å². The normalized spacial score (nSPS) is 12.4. The van der Waals surface area contributed by atoms with E-state index in [4.69, 9.17) is 10.5 Å². The molecular weight excluding hydrogens is 246 g/mol. The monoisotopic (exact) mass is 269 g/mol. The summed E-state index contributed by atoms with van der Waals surface area (Å²) in [7, 11) is 0. The molecule has 0 saturated carbocycles. The van der Waals surface area contributed by atoms with E-state index in [-0.39, 0.29) is 6.10 Å². The second-order valence-corrected chi connectivity index (χ2v) is 5.43. The SMILES string of the molecule is Cc1cc(OC(CN)c2ccccc2)ccc1C(C)C. The minimum Gasteiger partial charge on any atom is -0.484 e. The van der Waals surface area contributed by atoms with Gasteiger partial charge in [0.05, 0.1) is 0 Å². The third-order valence-corrected chi connectivity index (χ3v) is 3.53. The van der Waals surface area contributed by atoms with E-state index in [1.165, 1.54) is 11.1 Å². The van der Waals surface area contributed by atoms with Crippen molar-refractivity contribution in [2.75, 3.05) is 6.54 Å². The van der Waals surface area contributed by atoms with Gasteiger partial charge < -0.3 is 10.5 Å². The summed E-state index contributed by atoms with van der Waals surface area (Å²) >= 11 is 0. The fraction of sp³-hybridized carbons (Fsp3) is 0.333. The van der Waals surface area contributed by atoms with E-state index in [1.807, 2.05) is 36.4 Å². The lowest BCUT2D eigenvalue weighted by atomic mass is 9.98. The highest BCUT2D eigenvalue weighted by Crippen LogP contribution is 2.26. The van der Waals surface area contributed by atoms with Crippen molar-refractivity contribution in [2.24, 2.45) is 5.73 Å². The van der Waals surface area contributed by atoms with Crippen LogP contribution in [0.5, 0.6) is 5.75 Å². The Bertz CT molecular complexity index is 549. The molecule has 0 radical (unpaired) electrons. The van der Waals surface area contributed by atoms with Gasteiger partial charge in [-0.1, -0.05) is 50.2 Å². The highest BCUT2D eigenvalue weighted by Gasteiger charge is 2.12. The molecule has 2 N–H and O–H groups in total. The summed E-state index contributed by atoms with van der Waals surface area (Å²) in [6.07, 6.45) is -0.0968. The van der Waals surface area contributed by atoms with Crippen LogP contribution in [0.3, 0.4) is 0 Å². The van der Waals surface area contributed by atoms with Crippen LogP contribution < -0.4 is 10.5 Å². The Kier molecular flexibility index (Phi) is 4.80. The fourth-order valence-corrected chi connectivity index (χ4v) is 2.45. The molecule has 0 saturated heterocycles. The van der Waals surface area contributed by atoms with Crippen molar-refractivity contribution in [1.29, 1.82) is 0 Å². The number of hydrogen-bond donors (Lipinski definition) is 1. The number of nitrogens with two attached hydrogens (primary N) is 1. The lowest BCUT2D eigenvalue weighted by molar-refractivity contribution is 0.214. The maximum atomic E-state index is 6.04. The molecule has 106 valence electrons. The zero-order valence-electron chi connectivity index (χ0n) is 12.5. The highest BCUT2D eigenvalue weighted by molar-refractivity contribution is 5.37. The molecule has 1 atom stereocenters. The molecule has 0 aliphatic carbocycles. The van der Waals surface area contributed by atoms with Gasteiger partial charge in [-0.2, -0.15) is 0 Å². The van der Waals surface area contributed by atoms with Crippen LogP contribution in [0.25, 0.3) is 0 Å². The van der Waals surface area contributed by atoms with Gasteiger partial charge in [-0.3, -0.25) is 0 Å². The van der Waals surface area contributed by atoms with E-state index in [9.17, 15) is 0 Å². The quantitative estimate of drug-likeness (QED) is 0.883. The first-order valence-electron chi connectivity index (χ1n) is 7.14. The average Bonchev–Trinajstić information content (AvgIpc) is 2.45. The van der Waals surface area contributed by atoms with Crippen LogP contribution in [-0.4, -0.2) is 6.54 Å². The maximum Gasteiger partial charge on any atom is 0.136 e. The number of ether oxygens (including phenoxy) is 1. The first kappa shape index (κ1) is 14.6. The summed E-state index contributed by atoms with van der Waals surface area (Å²) in [6.45, 7) is 7.00. The van der Waals surface area contributed by atoms with Gasteiger partial charge in [0.1, 0.15) is 11.9 Å². The molecule has 2 aromatic rings. The van der Waals surface area contributed by atoms with E-state index >= 15 is 0 Å². The lowest BCUT2D eigenvalue weighted by Crippen LogP contribution is -2.18. The molecule has 1 unspecified atom stereocenters. The topological polar surface area (TPSA) is 35.2 Å². The highest BCUT2D eigenvalue weighted by atomic mass is 16.5. The fourth-order valence-electron chi connectivity index (χ4n) is 2.45. The van der Waals surface area contributed by atoms with E-state index in [0.29, 0.717) is 12.5 Å². The zero-order chi connectivity index (χ0) is 14.5. The van der Waals surface area contributed by atoms with Crippen molar-refractivity contribution in [3.05, 3.63) is 65.2 Å². The van der Waals surface area contributed by atoms with Crippen molar-refractivity contribution in [1.82, 2.24) is 0 Å². The lowest BCUT2D eigenvalue weighted by Gasteiger charge is -2.19. The molecular formula is C18H23NO. The molecule has 2 aromatic carbocycles. The number of rotatable bonds is 5. The first-order chi connectivity index (χ1) is 9.61. The third kappa shape index (κ3) is 3.40. The van der Waals surface area contributed by atoms with Gasteiger partial charge in [-0.25, -0.2) is 0 Å². The summed E-state index contributed by atoms with van der Waals surface area (Å²) in [5.74, 6) is 1.41. The number of benzene rings is 2. The Morgan fingerprint density at radius 1 is 1.05 bits per heavy atom.